The topological polar surface area (TPSA) is 54.2 Å². The molecule has 0 bridgehead atoms. The van der Waals surface area contributed by atoms with Crippen LogP contribution in [0.15, 0.2) is 0 Å². The average molecular weight is 250 g/mol. The van der Waals surface area contributed by atoms with Gasteiger partial charge < -0.3 is 5.11 Å². The number of hydrogen-bond acceptors (Lipinski definition) is 4. The molecule has 2 atom stereocenters. The molecule has 0 saturated carbocycles. The predicted octanol–water partition coefficient (Wildman–Crippen LogP) is 1.30. The molecule has 5 nitrogen and oxygen atoms in total. The third-order valence-electron chi connectivity index (χ3n) is 4.29. The highest BCUT2D eigenvalue weighted by Crippen LogP contribution is 2.32. The fourth-order valence-electron chi connectivity index (χ4n) is 3.27. The lowest BCUT2D eigenvalue weighted by Gasteiger charge is -2.19. The summed E-state index contributed by atoms with van der Waals surface area (Å²) in [5.41, 5.74) is 0. The Morgan fingerprint density at radius 3 is 2.89 bits per heavy atom. The van der Waals surface area contributed by atoms with Crippen molar-refractivity contribution in [2.75, 3.05) is 19.7 Å². The van der Waals surface area contributed by atoms with Gasteiger partial charge in [-0.25, -0.2) is 9.67 Å². The molecule has 5 heteroatoms. The number of rotatable bonds is 3. The van der Waals surface area contributed by atoms with E-state index in [1.54, 1.807) is 0 Å². The molecular weight excluding hydrogens is 228 g/mol. The molecule has 0 aliphatic carbocycles. The highest BCUT2D eigenvalue weighted by molar-refractivity contribution is 5.07. The van der Waals surface area contributed by atoms with Crippen LogP contribution in [-0.4, -0.2) is 44.5 Å². The molecule has 1 aromatic heterocycles. The monoisotopic (exact) mass is 250 g/mol. The molecule has 18 heavy (non-hydrogen) atoms. The zero-order valence-corrected chi connectivity index (χ0v) is 11.0. The quantitative estimate of drug-likeness (QED) is 0.878. The van der Waals surface area contributed by atoms with Crippen molar-refractivity contribution in [1.82, 2.24) is 19.7 Å². The maximum atomic E-state index is 9.42. The van der Waals surface area contributed by atoms with E-state index in [0.29, 0.717) is 6.04 Å². The van der Waals surface area contributed by atoms with Gasteiger partial charge in [-0.1, -0.05) is 6.92 Å². The number of fused-ring (bicyclic) bond motifs is 1. The van der Waals surface area contributed by atoms with Gasteiger partial charge in [0, 0.05) is 12.5 Å². The molecule has 100 valence electrons. The van der Waals surface area contributed by atoms with E-state index in [0.717, 1.165) is 44.1 Å². The number of aryl methyl sites for hydroxylation is 1. The van der Waals surface area contributed by atoms with Gasteiger partial charge in [-0.2, -0.15) is 5.10 Å². The molecule has 0 spiro atoms. The summed E-state index contributed by atoms with van der Waals surface area (Å²) in [6, 6.07) is 0.396. The summed E-state index contributed by atoms with van der Waals surface area (Å²) >= 11 is 0. The number of aromatic nitrogens is 3. The first-order chi connectivity index (χ1) is 8.83. The van der Waals surface area contributed by atoms with Crippen molar-refractivity contribution in [3.05, 3.63) is 11.6 Å². The third-order valence-corrected chi connectivity index (χ3v) is 4.29. The van der Waals surface area contributed by atoms with E-state index in [2.05, 4.69) is 16.9 Å². The van der Waals surface area contributed by atoms with Gasteiger partial charge in [-0.15, -0.1) is 0 Å². The first-order valence-corrected chi connectivity index (χ1v) is 7.13. The first kappa shape index (κ1) is 12.1. The molecule has 3 rings (SSSR count). The summed E-state index contributed by atoms with van der Waals surface area (Å²) in [5, 5.41) is 14.1. The van der Waals surface area contributed by atoms with Crippen molar-refractivity contribution >= 4 is 0 Å². The molecule has 1 aromatic rings. The van der Waals surface area contributed by atoms with Crippen LogP contribution in [0.5, 0.6) is 0 Å². The Morgan fingerprint density at radius 2 is 2.11 bits per heavy atom. The van der Waals surface area contributed by atoms with Gasteiger partial charge in [-0.3, -0.25) is 4.90 Å². The van der Waals surface area contributed by atoms with Crippen molar-refractivity contribution in [3.63, 3.8) is 0 Å². The Labute approximate surface area is 108 Å². The summed E-state index contributed by atoms with van der Waals surface area (Å²) in [6.07, 6.45) is 4.55. The standard InChI is InChI=1S/C13H22N4O/c1-2-16-7-4-6-11(16)12-14-13-10(9-18)5-3-8-17(13)15-12/h10-11,18H,2-9H2,1H3. The van der Waals surface area contributed by atoms with E-state index >= 15 is 0 Å². The van der Waals surface area contributed by atoms with E-state index in [4.69, 9.17) is 4.98 Å². The van der Waals surface area contributed by atoms with Crippen LogP contribution in [0, 0.1) is 0 Å². The fraction of sp³-hybridized carbons (Fsp3) is 0.846. The third kappa shape index (κ3) is 1.95. The predicted molar refractivity (Wildman–Crippen MR) is 68.3 cm³/mol. The van der Waals surface area contributed by atoms with Crippen molar-refractivity contribution in [1.29, 1.82) is 0 Å². The van der Waals surface area contributed by atoms with E-state index < -0.39 is 0 Å². The number of hydrogen-bond donors (Lipinski definition) is 1. The summed E-state index contributed by atoms with van der Waals surface area (Å²) in [6.45, 7) is 5.58. The zero-order valence-electron chi connectivity index (χ0n) is 11.0. The highest BCUT2D eigenvalue weighted by Gasteiger charge is 2.31. The lowest BCUT2D eigenvalue weighted by Crippen LogP contribution is -2.23. The maximum Gasteiger partial charge on any atom is 0.168 e. The Balaban J connectivity index is 1.88. The van der Waals surface area contributed by atoms with Crippen LogP contribution in [0.4, 0.5) is 0 Å². The average Bonchev–Trinajstić information content (AvgIpc) is 3.03. The summed E-state index contributed by atoms with van der Waals surface area (Å²) in [4.78, 5) is 7.19. The minimum atomic E-state index is 0.191. The molecule has 1 N–H and O–H groups in total. The lowest BCUT2D eigenvalue weighted by molar-refractivity contribution is 0.234. The van der Waals surface area contributed by atoms with Crippen LogP contribution in [0.1, 0.15) is 56.2 Å². The Kier molecular flexibility index (Phi) is 3.35. The second-order valence-electron chi connectivity index (χ2n) is 5.36. The van der Waals surface area contributed by atoms with Crippen molar-refractivity contribution < 1.29 is 5.11 Å². The van der Waals surface area contributed by atoms with Gasteiger partial charge in [0.25, 0.3) is 0 Å². The minimum Gasteiger partial charge on any atom is -0.396 e. The fourth-order valence-corrected chi connectivity index (χ4v) is 3.27. The Morgan fingerprint density at radius 1 is 1.28 bits per heavy atom. The molecule has 2 aliphatic heterocycles. The van der Waals surface area contributed by atoms with Crippen LogP contribution in [0.25, 0.3) is 0 Å². The van der Waals surface area contributed by atoms with Crippen LogP contribution >= 0.6 is 0 Å². The van der Waals surface area contributed by atoms with Crippen LogP contribution in [0.3, 0.4) is 0 Å². The number of aliphatic hydroxyl groups excluding tert-OH is 1. The minimum absolute atomic E-state index is 0.191. The summed E-state index contributed by atoms with van der Waals surface area (Å²) in [7, 11) is 0. The van der Waals surface area contributed by atoms with Crippen molar-refractivity contribution in [2.45, 2.75) is 51.1 Å². The molecule has 0 aromatic carbocycles. The molecule has 3 heterocycles. The van der Waals surface area contributed by atoms with E-state index in [-0.39, 0.29) is 12.5 Å². The van der Waals surface area contributed by atoms with Crippen LogP contribution < -0.4 is 0 Å². The molecule has 0 amide bonds. The molecule has 1 fully saturated rings. The highest BCUT2D eigenvalue weighted by atomic mass is 16.3. The Bertz CT molecular complexity index is 417. The second kappa shape index (κ2) is 4.97. The lowest BCUT2D eigenvalue weighted by atomic mass is 10.0. The van der Waals surface area contributed by atoms with Gasteiger partial charge in [0.2, 0.25) is 0 Å². The molecule has 1 saturated heterocycles. The Hall–Kier alpha value is -0.940. The summed E-state index contributed by atoms with van der Waals surface area (Å²) in [5.74, 6) is 2.17. The largest absolute Gasteiger partial charge is 0.396 e. The molecule has 2 aliphatic rings. The first-order valence-electron chi connectivity index (χ1n) is 7.13. The van der Waals surface area contributed by atoms with Crippen LogP contribution in [-0.2, 0) is 6.54 Å². The van der Waals surface area contributed by atoms with E-state index in [1.165, 1.54) is 12.8 Å². The van der Waals surface area contributed by atoms with Gasteiger partial charge in [-0.05, 0) is 38.8 Å². The van der Waals surface area contributed by atoms with Crippen molar-refractivity contribution in [3.8, 4) is 0 Å². The molecular formula is C13H22N4O. The maximum absolute atomic E-state index is 9.42. The number of nitrogens with zero attached hydrogens (tertiary/aromatic N) is 4. The van der Waals surface area contributed by atoms with E-state index in [9.17, 15) is 5.11 Å². The van der Waals surface area contributed by atoms with E-state index in [1.807, 2.05) is 4.68 Å². The van der Waals surface area contributed by atoms with Gasteiger partial charge in [0.05, 0.1) is 12.6 Å². The smallest absolute Gasteiger partial charge is 0.168 e. The van der Waals surface area contributed by atoms with Crippen LogP contribution in [0.2, 0.25) is 0 Å². The second-order valence-corrected chi connectivity index (χ2v) is 5.36. The van der Waals surface area contributed by atoms with Gasteiger partial charge in [0.1, 0.15) is 5.82 Å². The SMILES string of the molecule is CCN1CCCC1c1nc2n(n1)CCCC2CO. The number of likely N-dealkylation sites (tertiary alicyclic amines) is 1. The zero-order chi connectivity index (χ0) is 12.5. The molecule has 0 radical (unpaired) electrons. The van der Waals surface area contributed by atoms with Gasteiger partial charge >= 0.3 is 0 Å². The summed E-state index contributed by atoms with van der Waals surface area (Å²) < 4.78 is 2.02. The van der Waals surface area contributed by atoms with Crippen molar-refractivity contribution in [2.24, 2.45) is 0 Å². The molecule has 2 unspecified atom stereocenters. The normalized spacial score (nSPS) is 28.6. The number of aliphatic hydroxyl groups is 1. The van der Waals surface area contributed by atoms with Gasteiger partial charge in [0.15, 0.2) is 5.82 Å².